The van der Waals surface area contributed by atoms with Crippen molar-refractivity contribution in [3.8, 4) is 0 Å². The summed E-state index contributed by atoms with van der Waals surface area (Å²) < 4.78 is 5.56. The van der Waals surface area contributed by atoms with Gasteiger partial charge >= 0.3 is 0 Å². The van der Waals surface area contributed by atoms with Gasteiger partial charge in [-0.15, -0.1) is 0 Å². The zero-order valence-electron chi connectivity index (χ0n) is 14.6. The standard InChI is InChI=1S/C19H31NO2/c1-5-22-13-17-6-8-20(9-7-17)11-18-14(2)10-15(3)19(12-21)16(18)4/h10,17,21H,5-9,11-13H2,1-4H3. The number of hydrogen-bond acceptors (Lipinski definition) is 3. The van der Waals surface area contributed by atoms with Gasteiger partial charge in [-0.25, -0.2) is 0 Å². The predicted octanol–water partition coefficient (Wildman–Crippen LogP) is 3.35. The van der Waals surface area contributed by atoms with Crippen molar-refractivity contribution >= 4 is 0 Å². The Bertz CT molecular complexity index is 491. The molecule has 0 unspecified atom stereocenters. The second kappa shape index (κ2) is 8.09. The van der Waals surface area contributed by atoms with E-state index in [-0.39, 0.29) is 6.61 Å². The van der Waals surface area contributed by atoms with E-state index in [0.717, 1.165) is 44.3 Å². The number of aliphatic hydroxyl groups excluding tert-OH is 1. The summed E-state index contributed by atoms with van der Waals surface area (Å²) in [6.45, 7) is 13.7. The third kappa shape index (κ3) is 4.09. The average molecular weight is 305 g/mol. The lowest BCUT2D eigenvalue weighted by Gasteiger charge is -2.33. The Hall–Kier alpha value is -0.900. The van der Waals surface area contributed by atoms with Gasteiger partial charge in [0.25, 0.3) is 0 Å². The highest BCUT2D eigenvalue weighted by Gasteiger charge is 2.21. The Morgan fingerprint density at radius 2 is 1.77 bits per heavy atom. The van der Waals surface area contributed by atoms with Crippen LogP contribution in [0.4, 0.5) is 0 Å². The van der Waals surface area contributed by atoms with Crippen LogP contribution in [0.2, 0.25) is 0 Å². The van der Waals surface area contributed by atoms with Gasteiger partial charge in [-0.1, -0.05) is 6.07 Å². The van der Waals surface area contributed by atoms with Gasteiger partial charge in [0.2, 0.25) is 0 Å². The number of aryl methyl sites for hydroxylation is 2. The van der Waals surface area contributed by atoms with E-state index in [0.29, 0.717) is 0 Å². The average Bonchev–Trinajstić information content (AvgIpc) is 2.51. The normalized spacial score (nSPS) is 17.1. The van der Waals surface area contributed by atoms with Gasteiger partial charge in [0.1, 0.15) is 0 Å². The van der Waals surface area contributed by atoms with Crippen LogP contribution in [0.25, 0.3) is 0 Å². The molecule has 0 bridgehead atoms. The Morgan fingerprint density at radius 1 is 1.14 bits per heavy atom. The number of rotatable bonds is 6. The van der Waals surface area contributed by atoms with Crippen molar-refractivity contribution in [2.75, 3.05) is 26.3 Å². The first-order chi connectivity index (χ1) is 10.6. The van der Waals surface area contributed by atoms with E-state index in [1.807, 2.05) is 0 Å². The van der Waals surface area contributed by atoms with Crippen LogP contribution in [0.5, 0.6) is 0 Å². The number of ether oxygens (including phenoxy) is 1. The minimum atomic E-state index is 0.140. The van der Waals surface area contributed by atoms with Crippen molar-refractivity contribution in [3.63, 3.8) is 0 Å². The van der Waals surface area contributed by atoms with Crippen molar-refractivity contribution in [1.29, 1.82) is 0 Å². The molecule has 0 radical (unpaired) electrons. The summed E-state index contributed by atoms with van der Waals surface area (Å²) in [5, 5.41) is 9.61. The summed E-state index contributed by atoms with van der Waals surface area (Å²) in [6.07, 6.45) is 2.47. The lowest BCUT2D eigenvalue weighted by molar-refractivity contribution is 0.0722. The highest BCUT2D eigenvalue weighted by atomic mass is 16.5. The van der Waals surface area contributed by atoms with Gasteiger partial charge in [0, 0.05) is 19.8 Å². The molecule has 1 saturated heterocycles. The summed E-state index contributed by atoms with van der Waals surface area (Å²) in [5.74, 6) is 0.726. The molecular weight excluding hydrogens is 274 g/mol. The van der Waals surface area contributed by atoms with Crippen LogP contribution in [-0.2, 0) is 17.9 Å². The first-order valence-corrected chi connectivity index (χ1v) is 8.56. The lowest BCUT2D eigenvalue weighted by atomic mass is 9.92. The fourth-order valence-electron chi connectivity index (χ4n) is 3.58. The number of nitrogens with zero attached hydrogens (tertiary/aromatic N) is 1. The molecule has 0 aromatic heterocycles. The second-order valence-corrected chi connectivity index (χ2v) is 6.63. The molecule has 2 rings (SSSR count). The fourth-order valence-corrected chi connectivity index (χ4v) is 3.58. The number of aliphatic hydroxyl groups is 1. The Labute approximate surface area is 135 Å². The molecule has 1 aromatic carbocycles. The minimum absolute atomic E-state index is 0.140. The van der Waals surface area contributed by atoms with Crippen molar-refractivity contribution in [2.24, 2.45) is 5.92 Å². The van der Waals surface area contributed by atoms with Gasteiger partial charge in [-0.3, -0.25) is 4.90 Å². The molecule has 1 N–H and O–H groups in total. The van der Waals surface area contributed by atoms with Crippen molar-refractivity contribution in [3.05, 3.63) is 33.9 Å². The Morgan fingerprint density at radius 3 is 2.36 bits per heavy atom. The van der Waals surface area contributed by atoms with Gasteiger partial charge in [-0.2, -0.15) is 0 Å². The van der Waals surface area contributed by atoms with Crippen LogP contribution < -0.4 is 0 Å². The minimum Gasteiger partial charge on any atom is -0.392 e. The molecule has 0 atom stereocenters. The third-order valence-corrected chi connectivity index (χ3v) is 5.10. The van der Waals surface area contributed by atoms with Crippen molar-refractivity contribution in [2.45, 2.75) is 53.7 Å². The van der Waals surface area contributed by atoms with Gasteiger partial charge in [-0.05, 0) is 87.4 Å². The molecule has 0 amide bonds. The highest BCUT2D eigenvalue weighted by molar-refractivity contribution is 5.44. The maximum absolute atomic E-state index is 9.61. The fraction of sp³-hybridized carbons (Fsp3) is 0.684. The molecule has 124 valence electrons. The monoisotopic (exact) mass is 305 g/mol. The Balaban J connectivity index is 2.00. The van der Waals surface area contributed by atoms with E-state index in [9.17, 15) is 5.11 Å². The lowest BCUT2D eigenvalue weighted by Crippen LogP contribution is -2.35. The molecule has 0 saturated carbocycles. The largest absolute Gasteiger partial charge is 0.392 e. The van der Waals surface area contributed by atoms with E-state index < -0.39 is 0 Å². The molecule has 1 fully saturated rings. The third-order valence-electron chi connectivity index (χ3n) is 5.10. The summed E-state index contributed by atoms with van der Waals surface area (Å²) in [6, 6.07) is 2.22. The SMILES string of the molecule is CCOCC1CCN(Cc2c(C)cc(C)c(CO)c2C)CC1. The molecule has 3 nitrogen and oxygen atoms in total. The predicted molar refractivity (Wildman–Crippen MR) is 91.1 cm³/mol. The van der Waals surface area contributed by atoms with Crippen LogP contribution >= 0.6 is 0 Å². The summed E-state index contributed by atoms with van der Waals surface area (Å²) in [7, 11) is 0. The maximum Gasteiger partial charge on any atom is 0.0687 e. The Kier molecular flexibility index (Phi) is 6.42. The summed E-state index contributed by atoms with van der Waals surface area (Å²) in [5.41, 5.74) is 6.33. The van der Waals surface area contributed by atoms with Crippen molar-refractivity contribution in [1.82, 2.24) is 4.90 Å². The van der Waals surface area contributed by atoms with Gasteiger partial charge in [0.15, 0.2) is 0 Å². The number of hydrogen-bond donors (Lipinski definition) is 1. The first-order valence-electron chi connectivity index (χ1n) is 8.56. The highest BCUT2D eigenvalue weighted by Crippen LogP contribution is 2.26. The molecular formula is C19H31NO2. The molecule has 3 heteroatoms. The van der Waals surface area contributed by atoms with Crippen LogP contribution in [-0.4, -0.2) is 36.3 Å². The van der Waals surface area contributed by atoms with Crippen LogP contribution in [0, 0.1) is 26.7 Å². The van der Waals surface area contributed by atoms with E-state index in [1.54, 1.807) is 0 Å². The maximum atomic E-state index is 9.61. The molecule has 1 aromatic rings. The number of benzene rings is 1. The van der Waals surface area contributed by atoms with E-state index in [2.05, 4.69) is 38.7 Å². The first kappa shape index (κ1) is 17.5. The van der Waals surface area contributed by atoms with Crippen LogP contribution in [0.15, 0.2) is 6.07 Å². The topological polar surface area (TPSA) is 32.7 Å². The summed E-state index contributed by atoms with van der Waals surface area (Å²) >= 11 is 0. The zero-order chi connectivity index (χ0) is 16.1. The quantitative estimate of drug-likeness (QED) is 0.875. The molecule has 1 heterocycles. The van der Waals surface area contributed by atoms with E-state index >= 15 is 0 Å². The summed E-state index contributed by atoms with van der Waals surface area (Å²) in [4.78, 5) is 2.55. The van der Waals surface area contributed by atoms with Crippen LogP contribution in [0.3, 0.4) is 0 Å². The molecule has 0 aliphatic carbocycles. The molecule has 1 aliphatic rings. The smallest absolute Gasteiger partial charge is 0.0687 e. The van der Waals surface area contributed by atoms with Gasteiger partial charge < -0.3 is 9.84 Å². The molecule has 1 aliphatic heterocycles. The number of likely N-dealkylation sites (tertiary alicyclic amines) is 1. The molecule has 0 spiro atoms. The zero-order valence-corrected chi connectivity index (χ0v) is 14.6. The second-order valence-electron chi connectivity index (χ2n) is 6.63. The van der Waals surface area contributed by atoms with Gasteiger partial charge in [0.05, 0.1) is 6.61 Å². The van der Waals surface area contributed by atoms with E-state index in [4.69, 9.17) is 4.74 Å². The van der Waals surface area contributed by atoms with E-state index in [1.165, 1.54) is 35.1 Å². The molecule has 22 heavy (non-hydrogen) atoms. The number of piperidine rings is 1. The van der Waals surface area contributed by atoms with Crippen molar-refractivity contribution < 1.29 is 9.84 Å². The van der Waals surface area contributed by atoms with Crippen LogP contribution in [0.1, 0.15) is 47.6 Å².